The topological polar surface area (TPSA) is 73.9 Å². The van der Waals surface area contributed by atoms with Crippen molar-refractivity contribution in [1.82, 2.24) is 0 Å². The molecule has 0 aliphatic rings. The van der Waals surface area contributed by atoms with Gasteiger partial charge >= 0.3 is 5.97 Å². The van der Waals surface area contributed by atoms with Gasteiger partial charge in [0.1, 0.15) is 26.4 Å². The fourth-order valence-corrected chi connectivity index (χ4v) is 5.48. The summed E-state index contributed by atoms with van der Waals surface area (Å²) in [4.78, 5) is 26.2. The van der Waals surface area contributed by atoms with Gasteiger partial charge in [-0.05, 0) is 31.5 Å². The molecule has 0 saturated carbocycles. The number of amides is 1. The van der Waals surface area contributed by atoms with Crippen LogP contribution in [0, 0.1) is 6.92 Å². The van der Waals surface area contributed by atoms with E-state index in [1.165, 1.54) is 18.4 Å². The largest absolute Gasteiger partial charge is 0.494 e. The van der Waals surface area contributed by atoms with Gasteiger partial charge in [-0.25, -0.2) is 4.79 Å². The third-order valence-corrected chi connectivity index (χ3v) is 7.96. The van der Waals surface area contributed by atoms with Crippen LogP contribution in [0.2, 0.25) is 25.1 Å². The number of carbonyl (C=O) groups excluding carboxylic acids is 2. The Morgan fingerprint density at radius 2 is 1.49 bits per heavy atom. The Kier molecular flexibility index (Phi) is 9.43. The van der Waals surface area contributed by atoms with Crippen LogP contribution in [0.3, 0.4) is 0 Å². The first-order chi connectivity index (χ1) is 16.6. The fourth-order valence-electron chi connectivity index (χ4n) is 3.17. The molecule has 1 heterocycles. The van der Waals surface area contributed by atoms with Gasteiger partial charge in [0.2, 0.25) is 0 Å². The summed E-state index contributed by atoms with van der Waals surface area (Å²) < 4.78 is 15.9. The highest BCUT2D eigenvalue weighted by molar-refractivity contribution is 7.17. The predicted molar refractivity (Wildman–Crippen MR) is 143 cm³/mol. The molecular formula is C23H18Cl5NO5S. The average molecular weight is 598 g/mol. The summed E-state index contributed by atoms with van der Waals surface area (Å²) in [7, 11) is 1.27. The molecule has 186 valence electrons. The standard InChI is InChI=1S/C23H18Cl5NO5S/c1-4-33-12-7-5-11(6-8-12)14-10(2)35-22(15(14)23(31)32-3)29-13(30)9-34-21-19(27)17(25)16(24)18(26)20(21)28/h5-8H,4,9H2,1-3H3,(H,29,30). The molecule has 3 aromatic rings. The Morgan fingerprint density at radius 3 is 2.03 bits per heavy atom. The normalized spacial score (nSPS) is 10.7. The lowest BCUT2D eigenvalue weighted by molar-refractivity contribution is -0.118. The molecule has 1 N–H and O–H groups in total. The minimum absolute atomic E-state index is 0.0289. The van der Waals surface area contributed by atoms with Crippen molar-refractivity contribution in [3.63, 3.8) is 0 Å². The molecule has 1 aromatic heterocycles. The van der Waals surface area contributed by atoms with Crippen LogP contribution in [0.25, 0.3) is 11.1 Å². The molecule has 0 bridgehead atoms. The average Bonchev–Trinajstić information content (AvgIpc) is 3.16. The SMILES string of the molecule is CCOc1ccc(-c2c(C)sc(NC(=O)COc3c(Cl)c(Cl)c(Cl)c(Cl)c3Cl)c2C(=O)OC)cc1. The molecule has 0 aliphatic carbocycles. The Bertz CT molecular complexity index is 1250. The number of thiophene rings is 1. The van der Waals surface area contributed by atoms with Crippen LogP contribution in [-0.2, 0) is 9.53 Å². The van der Waals surface area contributed by atoms with E-state index in [2.05, 4.69) is 5.32 Å². The van der Waals surface area contributed by atoms with E-state index < -0.39 is 18.5 Å². The Labute approximate surface area is 230 Å². The summed E-state index contributed by atoms with van der Waals surface area (Å²) >= 11 is 31.6. The number of nitrogens with one attached hydrogen (secondary N) is 1. The molecule has 2 aromatic carbocycles. The molecule has 1 amide bonds. The molecular weight excluding hydrogens is 580 g/mol. The summed E-state index contributed by atoms with van der Waals surface area (Å²) in [6.45, 7) is 3.77. The predicted octanol–water partition coefficient (Wildman–Crippen LogP) is 8.19. The molecule has 0 saturated heterocycles. The maximum Gasteiger partial charge on any atom is 0.341 e. The van der Waals surface area contributed by atoms with Crippen LogP contribution in [0.15, 0.2) is 24.3 Å². The second-order valence-electron chi connectivity index (χ2n) is 6.92. The third kappa shape index (κ3) is 5.93. The van der Waals surface area contributed by atoms with Gasteiger partial charge in [-0.2, -0.15) is 0 Å². The zero-order chi connectivity index (χ0) is 25.9. The summed E-state index contributed by atoms with van der Waals surface area (Å²) in [5.74, 6) is -0.566. The van der Waals surface area contributed by atoms with E-state index in [1.807, 2.05) is 26.0 Å². The summed E-state index contributed by atoms with van der Waals surface area (Å²) in [6.07, 6.45) is 0. The van der Waals surface area contributed by atoms with E-state index in [9.17, 15) is 9.59 Å². The lowest BCUT2D eigenvalue weighted by Gasteiger charge is -2.14. The summed E-state index contributed by atoms with van der Waals surface area (Å²) in [5, 5.41) is 2.68. The molecule has 35 heavy (non-hydrogen) atoms. The fraction of sp³-hybridized carbons (Fsp3) is 0.217. The minimum Gasteiger partial charge on any atom is -0.494 e. The van der Waals surface area contributed by atoms with Gasteiger partial charge < -0.3 is 19.5 Å². The number of esters is 1. The van der Waals surface area contributed by atoms with Crippen molar-refractivity contribution in [2.75, 3.05) is 25.6 Å². The Balaban J connectivity index is 1.87. The van der Waals surface area contributed by atoms with Crippen LogP contribution in [-0.4, -0.2) is 32.2 Å². The van der Waals surface area contributed by atoms with Crippen molar-refractivity contribution in [1.29, 1.82) is 0 Å². The third-order valence-electron chi connectivity index (χ3n) is 4.70. The highest BCUT2D eigenvalue weighted by atomic mass is 35.5. The minimum atomic E-state index is -0.600. The molecule has 12 heteroatoms. The lowest BCUT2D eigenvalue weighted by atomic mass is 10.0. The van der Waals surface area contributed by atoms with Crippen molar-refractivity contribution in [3.05, 3.63) is 59.8 Å². The maximum atomic E-state index is 12.7. The molecule has 0 atom stereocenters. The number of hydrogen-bond donors (Lipinski definition) is 1. The number of hydrogen-bond acceptors (Lipinski definition) is 6. The molecule has 6 nitrogen and oxygen atoms in total. The van der Waals surface area contributed by atoms with E-state index in [0.29, 0.717) is 22.9 Å². The van der Waals surface area contributed by atoms with Gasteiger partial charge in [-0.1, -0.05) is 70.1 Å². The first-order valence-electron chi connectivity index (χ1n) is 9.99. The van der Waals surface area contributed by atoms with E-state index in [-0.39, 0.29) is 36.4 Å². The molecule has 0 aliphatic heterocycles. The van der Waals surface area contributed by atoms with Crippen molar-refractivity contribution in [2.24, 2.45) is 0 Å². The monoisotopic (exact) mass is 595 g/mol. The Morgan fingerprint density at radius 1 is 0.914 bits per heavy atom. The van der Waals surface area contributed by atoms with Gasteiger partial charge in [0, 0.05) is 10.4 Å². The molecule has 3 rings (SSSR count). The van der Waals surface area contributed by atoms with Gasteiger partial charge in [-0.3, -0.25) is 4.79 Å². The van der Waals surface area contributed by atoms with E-state index >= 15 is 0 Å². The number of rotatable bonds is 8. The summed E-state index contributed by atoms with van der Waals surface area (Å²) in [5.41, 5.74) is 1.63. The highest BCUT2D eigenvalue weighted by Crippen LogP contribution is 2.48. The van der Waals surface area contributed by atoms with E-state index in [4.69, 9.17) is 72.2 Å². The second-order valence-corrected chi connectivity index (χ2v) is 10.0. The van der Waals surface area contributed by atoms with Gasteiger partial charge in [0.25, 0.3) is 5.91 Å². The van der Waals surface area contributed by atoms with Crippen molar-refractivity contribution < 1.29 is 23.8 Å². The lowest BCUT2D eigenvalue weighted by Crippen LogP contribution is -2.21. The number of halogens is 5. The Hall–Kier alpha value is -1.87. The van der Waals surface area contributed by atoms with E-state index in [0.717, 1.165) is 10.4 Å². The number of carbonyl (C=O) groups is 2. The highest BCUT2D eigenvalue weighted by Gasteiger charge is 2.26. The van der Waals surface area contributed by atoms with Crippen LogP contribution < -0.4 is 14.8 Å². The molecule has 0 fully saturated rings. The molecule has 0 spiro atoms. The van der Waals surface area contributed by atoms with Crippen LogP contribution in [0.4, 0.5) is 5.00 Å². The number of methoxy groups -OCH3 is 1. The van der Waals surface area contributed by atoms with Gasteiger partial charge in [0.05, 0.1) is 28.8 Å². The van der Waals surface area contributed by atoms with Crippen LogP contribution in [0.5, 0.6) is 11.5 Å². The smallest absolute Gasteiger partial charge is 0.341 e. The zero-order valence-corrected chi connectivity index (χ0v) is 23.2. The van der Waals surface area contributed by atoms with Gasteiger partial charge in [-0.15, -0.1) is 11.3 Å². The quantitative estimate of drug-likeness (QED) is 0.161. The van der Waals surface area contributed by atoms with Crippen molar-refractivity contribution in [3.8, 4) is 22.6 Å². The summed E-state index contributed by atoms with van der Waals surface area (Å²) in [6, 6.07) is 7.27. The number of anilines is 1. The van der Waals surface area contributed by atoms with E-state index in [1.54, 1.807) is 12.1 Å². The van der Waals surface area contributed by atoms with Gasteiger partial charge in [0.15, 0.2) is 12.4 Å². The van der Waals surface area contributed by atoms with Crippen molar-refractivity contribution in [2.45, 2.75) is 13.8 Å². The first-order valence-corrected chi connectivity index (χ1v) is 12.7. The number of benzene rings is 2. The first kappa shape index (κ1) is 27.7. The van der Waals surface area contributed by atoms with Crippen molar-refractivity contribution >= 4 is 86.2 Å². The maximum absolute atomic E-state index is 12.7. The zero-order valence-electron chi connectivity index (χ0n) is 18.6. The van der Waals surface area contributed by atoms with Crippen LogP contribution >= 0.6 is 69.3 Å². The number of aryl methyl sites for hydroxylation is 1. The molecule has 0 unspecified atom stereocenters. The van der Waals surface area contributed by atoms with Crippen LogP contribution in [0.1, 0.15) is 22.2 Å². The molecule has 0 radical (unpaired) electrons. The second kappa shape index (κ2) is 11.9. The number of ether oxygens (including phenoxy) is 3.